The molecule has 3 heteroatoms. The van der Waals surface area contributed by atoms with Crippen LogP contribution in [0.3, 0.4) is 0 Å². The average molecular weight is 157 g/mol. The summed E-state index contributed by atoms with van der Waals surface area (Å²) in [7, 11) is 0. The van der Waals surface area contributed by atoms with Crippen molar-refractivity contribution in [2.24, 2.45) is 0 Å². The Hall–Kier alpha value is -0.466. The summed E-state index contributed by atoms with van der Waals surface area (Å²) in [6, 6.07) is 8.71. The molecule has 0 saturated carbocycles. The molecule has 0 fully saturated rings. The summed E-state index contributed by atoms with van der Waals surface area (Å²) in [5, 5.41) is 8.63. The number of hydrogen-bond donors (Lipinski definition) is 2. The summed E-state index contributed by atoms with van der Waals surface area (Å²) in [5.41, 5.74) is 0. The number of para-hydroxylation sites is 1. The predicted octanol–water partition coefficient (Wildman–Crippen LogP) is 1.69. The van der Waals surface area contributed by atoms with Crippen LogP contribution in [0.5, 0.6) is 5.75 Å². The molecule has 0 bridgehead atoms. The van der Waals surface area contributed by atoms with Crippen molar-refractivity contribution >= 4 is 0 Å². The molecule has 0 atom stereocenters. The van der Waals surface area contributed by atoms with Gasteiger partial charge in [-0.25, -0.2) is 0 Å². The van der Waals surface area contributed by atoms with Crippen LogP contribution in [0.4, 0.5) is 0 Å². The third kappa shape index (κ3) is 4.07. The number of aromatic hydroxyl groups is 1. The summed E-state index contributed by atoms with van der Waals surface area (Å²) in [5.74, 6) is 0.322. The van der Waals surface area contributed by atoms with Crippen LogP contribution in [0.25, 0.3) is 0 Å². The van der Waals surface area contributed by atoms with Crippen LogP contribution in [0.15, 0.2) is 30.3 Å². The van der Waals surface area contributed by atoms with Crippen LogP contribution in [-0.4, -0.2) is 5.11 Å². The van der Waals surface area contributed by atoms with E-state index in [0.717, 1.165) is 0 Å². The Labute approximate surface area is 65.6 Å². The minimum absolute atomic E-state index is 0.322. The van der Waals surface area contributed by atoms with Crippen LogP contribution >= 0.6 is 0 Å². The summed E-state index contributed by atoms with van der Waals surface area (Å²) in [6.07, 6.45) is 0. The van der Waals surface area contributed by atoms with Crippen LogP contribution in [0.1, 0.15) is 0 Å². The predicted molar refractivity (Wildman–Crippen MR) is 30.8 cm³/mol. The number of benzene rings is 1. The Morgan fingerprint density at radius 2 is 1.56 bits per heavy atom. The van der Waals surface area contributed by atoms with Crippen molar-refractivity contribution in [3.63, 3.8) is 0 Å². The number of nitrogens with one attached hydrogen (secondary N) is 1. The van der Waals surface area contributed by atoms with E-state index < -0.39 is 0 Å². The molecule has 1 aromatic carbocycles. The molecular weight excluding hydrogens is 150 g/mol. The third-order valence-corrected chi connectivity index (χ3v) is 0.756. The van der Waals surface area contributed by atoms with Gasteiger partial charge in [-0.1, -0.05) is 18.2 Å². The van der Waals surface area contributed by atoms with Crippen LogP contribution < -0.4 is 0 Å². The quantitative estimate of drug-likeness (QED) is 0.553. The molecule has 0 radical (unpaired) electrons. The molecule has 1 rings (SSSR count). The molecular formula is C6H7NOTi. The van der Waals surface area contributed by atoms with E-state index in [0.29, 0.717) is 5.75 Å². The zero-order chi connectivity index (χ0) is 7.11. The van der Waals surface area contributed by atoms with E-state index in [2.05, 4.69) is 0 Å². The summed E-state index contributed by atoms with van der Waals surface area (Å²) >= 11 is 1.25. The van der Waals surface area contributed by atoms with Crippen LogP contribution in [0, 0.1) is 3.83 Å². The standard InChI is InChI=1S/C6H6O.HN.Ti/c7-6-4-2-1-3-5-6;;/h1-5,7H;1H;. The van der Waals surface area contributed by atoms with Crippen molar-refractivity contribution in [2.45, 2.75) is 0 Å². The normalized spacial score (nSPS) is 7.00. The monoisotopic (exact) mass is 157 g/mol. The first-order valence-corrected chi connectivity index (χ1v) is 3.17. The van der Waals surface area contributed by atoms with Gasteiger partial charge in [-0.2, -0.15) is 0 Å². The Morgan fingerprint density at radius 3 is 1.78 bits per heavy atom. The van der Waals surface area contributed by atoms with E-state index in [1.165, 1.54) is 20.3 Å². The van der Waals surface area contributed by atoms with Crippen molar-refractivity contribution < 1.29 is 25.4 Å². The van der Waals surface area contributed by atoms with E-state index in [1.807, 2.05) is 6.07 Å². The summed E-state index contributed by atoms with van der Waals surface area (Å²) in [6.45, 7) is 0. The molecule has 0 heterocycles. The molecule has 9 heavy (non-hydrogen) atoms. The van der Waals surface area contributed by atoms with Gasteiger partial charge in [-0.15, -0.1) is 0 Å². The molecule has 2 nitrogen and oxygen atoms in total. The zero-order valence-electron chi connectivity index (χ0n) is 4.83. The van der Waals surface area contributed by atoms with Gasteiger partial charge < -0.3 is 5.11 Å². The number of phenols is 1. The van der Waals surface area contributed by atoms with E-state index in [9.17, 15) is 0 Å². The second-order valence-corrected chi connectivity index (χ2v) is 1.34. The Balaban J connectivity index is 0.000000291. The molecule has 1 aromatic rings. The van der Waals surface area contributed by atoms with Gasteiger partial charge in [0.25, 0.3) is 0 Å². The third-order valence-electron chi connectivity index (χ3n) is 0.756. The Kier molecular flexibility index (Phi) is 5.37. The Bertz CT molecular complexity index is 154. The molecule has 2 N–H and O–H groups in total. The molecule has 0 aromatic heterocycles. The van der Waals surface area contributed by atoms with Crippen molar-refractivity contribution in [3.8, 4) is 5.75 Å². The topological polar surface area (TPSA) is 44.1 Å². The van der Waals surface area contributed by atoms with Gasteiger partial charge in [0.15, 0.2) is 0 Å². The van der Waals surface area contributed by atoms with Gasteiger partial charge in [0.1, 0.15) is 5.75 Å². The van der Waals surface area contributed by atoms with Gasteiger partial charge in [0.05, 0.1) is 0 Å². The summed E-state index contributed by atoms with van der Waals surface area (Å²) < 4.78 is 5.75. The number of hydrogen-bond acceptors (Lipinski definition) is 2. The zero-order valence-corrected chi connectivity index (χ0v) is 6.40. The van der Waals surface area contributed by atoms with Crippen molar-refractivity contribution in [1.82, 2.24) is 0 Å². The number of rotatable bonds is 0. The number of phenolic OH excluding ortho intramolecular Hbond substituents is 1. The average Bonchev–Trinajstić information content (AvgIpc) is 1.94. The molecule has 0 saturated heterocycles. The van der Waals surface area contributed by atoms with E-state index in [1.54, 1.807) is 24.3 Å². The Morgan fingerprint density at radius 1 is 1.11 bits per heavy atom. The van der Waals surface area contributed by atoms with Gasteiger partial charge in [0.2, 0.25) is 0 Å². The molecule has 0 aliphatic heterocycles. The first-order valence-electron chi connectivity index (χ1n) is 2.38. The molecule has 0 unspecified atom stereocenters. The first-order chi connectivity index (χ1) is 4.39. The molecule has 0 aliphatic rings. The molecule has 0 amide bonds. The van der Waals surface area contributed by atoms with E-state index >= 15 is 0 Å². The summed E-state index contributed by atoms with van der Waals surface area (Å²) in [4.78, 5) is 0. The SMILES string of the molecule is Oc1ccccc1.[NH]=[Ti]. The first kappa shape index (κ1) is 8.53. The van der Waals surface area contributed by atoms with Crippen molar-refractivity contribution in [3.05, 3.63) is 30.3 Å². The van der Waals surface area contributed by atoms with Gasteiger partial charge >= 0.3 is 24.1 Å². The molecule has 0 aliphatic carbocycles. The fourth-order valence-electron chi connectivity index (χ4n) is 0.428. The van der Waals surface area contributed by atoms with E-state index in [-0.39, 0.29) is 0 Å². The second kappa shape index (κ2) is 5.67. The molecule has 46 valence electrons. The maximum atomic E-state index is 8.63. The van der Waals surface area contributed by atoms with E-state index in [4.69, 9.17) is 8.94 Å². The van der Waals surface area contributed by atoms with Gasteiger partial charge in [0, 0.05) is 0 Å². The van der Waals surface area contributed by atoms with Crippen molar-refractivity contribution in [2.75, 3.05) is 0 Å². The fraction of sp³-hybridized carbons (Fsp3) is 0. The second-order valence-electron chi connectivity index (χ2n) is 1.34. The van der Waals surface area contributed by atoms with Crippen molar-refractivity contribution in [1.29, 1.82) is 3.83 Å². The fourth-order valence-corrected chi connectivity index (χ4v) is 0.428. The van der Waals surface area contributed by atoms with Crippen LogP contribution in [-0.2, 0) is 20.3 Å². The van der Waals surface area contributed by atoms with Gasteiger partial charge in [-0.3, -0.25) is 0 Å². The minimum atomic E-state index is 0.322. The molecule has 0 spiro atoms. The van der Waals surface area contributed by atoms with Crippen LogP contribution in [0.2, 0.25) is 0 Å². The van der Waals surface area contributed by atoms with Gasteiger partial charge in [-0.05, 0) is 12.1 Å². The maximum absolute atomic E-state index is 8.63.